The van der Waals surface area contributed by atoms with Gasteiger partial charge in [0, 0.05) is 24.2 Å². The summed E-state index contributed by atoms with van der Waals surface area (Å²) in [4.78, 5) is 10.1. The Hall–Kier alpha value is -0.930. The van der Waals surface area contributed by atoms with Crippen molar-refractivity contribution < 1.29 is 13.3 Å². The first kappa shape index (κ1) is 21.1. The molecule has 1 rings (SSSR count). The molecule has 1 aromatic rings. The molecule has 0 saturated carbocycles. The first-order valence-electron chi connectivity index (χ1n) is 6.36. The quantitative estimate of drug-likeness (QED) is 0.565. The van der Waals surface area contributed by atoms with Crippen molar-refractivity contribution in [3.05, 3.63) is 32.8 Å². The molecule has 0 aliphatic rings. The first-order chi connectivity index (χ1) is 9.69. The highest BCUT2D eigenvalue weighted by Gasteiger charge is 2.22. The molecule has 10 heteroatoms. The van der Waals surface area contributed by atoms with Gasteiger partial charge < -0.3 is 5.32 Å². The smallest absolute Gasteiger partial charge is 0.275 e. The highest BCUT2D eigenvalue weighted by atomic mass is 35.5. The fourth-order valence-electron chi connectivity index (χ4n) is 1.72. The molecule has 0 spiro atoms. The molecule has 0 unspecified atom stereocenters. The summed E-state index contributed by atoms with van der Waals surface area (Å²) in [5, 5.41) is 14.0. The molecule has 0 radical (unpaired) electrons. The van der Waals surface area contributed by atoms with Crippen molar-refractivity contribution in [1.29, 1.82) is 0 Å². The largest absolute Gasteiger partial charge is 0.313 e. The number of hydrogen-bond acceptors (Lipinski definition) is 5. The lowest BCUT2D eigenvalue weighted by molar-refractivity contribution is -0.385. The Bertz CT molecular complexity index is 638. The second-order valence-electron chi connectivity index (χ2n) is 4.62. The van der Waals surface area contributed by atoms with Crippen LogP contribution >= 0.6 is 24.0 Å². The summed E-state index contributed by atoms with van der Waals surface area (Å²) in [5.41, 5.74) is -0.0794. The van der Waals surface area contributed by atoms with E-state index in [1.165, 1.54) is 13.0 Å². The Balaban J connectivity index is 0.00000441. The lowest BCUT2D eigenvalue weighted by atomic mass is 10.2. The number of nitro groups is 1. The molecule has 1 aromatic carbocycles. The molecule has 22 heavy (non-hydrogen) atoms. The third-order valence-electron chi connectivity index (χ3n) is 2.93. The highest BCUT2D eigenvalue weighted by molar-refractivity contribution is 7.89. The molecular formula is C12H19Cl2N3O4S. The average molecular weight is 372 g/mol. The summed E-state index contributed by atoms with van der Waals surface area (Å²) in [6.07, 6.45) is 0. The molecule has 0 aliphatic carbocycles. The zero-order valence-corrected chi connectivity index (χ0v) is 14.8. The van der Waals surface area contributed by atoms with Gasteiger partial charge in [0.2, 0.25) is 10.0 Å². The van der Waals surface area contributed by atoms with Gasteiger partial charge in [-0.1, -0.05) is 18.5 Å². The topological polar surface area (TPSA) is 101 Å². The Kier molecular flexibility index (Phi) is 8.27. The maximum absolute atomic E-state index is 12.2. The Labute approximate surface area is 141 Å². The molecule has 2 N–H and O–H groups in total. The van der Waals surface area contributed by atoms with Gasteiger partial charge in [0.1, 0.15) is 0 Å². The highest BCUT2D eigenvalue weighted by Crippen LogP contribution is 2.29. The van der Waals surface area contributed by atoms with Crippen LogP contribution in [-0.2, 0) is 10.0 Å². The molecule has 0 saturated heterocycles. The minimum absolute atomic E-state index is 0. The molecule has 0 bridgehead atoms. The fourth-order valence-corrected chi connectivity index (χ4v) is 3.18. The number of hydrogen-bond donors (Lipinski definition) is 2. The number of halogens is 2. The van der Waals surface area contributed by atoms with E-state index in [2.05, 4.69) is 10.0 Å². The van der Waals surface area contributed by atoms with E-state index in [1.54, 1.807) is 0 Å². The third kappa shape index (κ3) is 5.36. The van der Waals surface area contributed by atoms with Crippen LogP contribution in [0.5, 0.6) is 0 Å². The molecule has 0 amide bonds. The van der Waals surface area contributed by atoms with Crippen molar-refractivity contribution in [3.8, 4) is 0 Å². The standard InChI is InChI=1S/C12H18ClN3O4S.ClH/c1-4-14-8(2)7-15-21(19,20)10-5-11(13)9(3)12(6-10)16(17)18;/h5-6,8,14-15H,4,7H2,1-3H3;1H/t8-;/m1./s1. The summed E-state index contributed by atoms with van der Waals surface area (Å²) in [5.74, 6) is 0. The van der Waals surface area contributed by atoms with E-state index < -0.39 is 14.9 Å². The molecule has 0 aliphatic heterocycles. The van der Waals surface area contributed by atoms with Gasteiger partial charge in [0.05, 0.1) is 14.8 Å². The lowest BCUT2D eigenvalue weighted by Crippen LogP contribution is -2.38. The summed E-state index contributed by atoms with van der Waals surface area (Å²) in [7, 11) is -3.85. The third-order valence-corrected chi connectivity index (χ3v) is 4.73. The molecule has 7 nitrogen and oxygen atoms in total. The second kappa shape index (κ2) is 8.64. The van der Waals surface area contributed by atoms with E-state index in [0.29, 0.717) is 6.54 Å². The fraction of sp³-hybridized carbons (Fsp3) is 0.500. The van der Waals surface area contributed by atoms with Crippen LogP contribution in [0.1, 0.15) is 19.4 Å². The van der Waals surface area contributed by atoms with Gasteiger partial charge in [-0.05, 0) is 26.5 Å². The maximum Gasteiger partial charge on any atom is 0.275 e. The number of benzene rings is 1. The van der Waals surface area contributed by atoms with Crippen molar-refractivity contribution in [2.45, 2.75) is 31.7 Å². The number of sulfonamides is 1. The summed E-state index contributed by atoms with van der Waals surface area (Å²) in [6, 6.07) is 2.17. The first-order valence-corrected chi connectivity index (χ1v) is 8.22. The lowest BCUT2D eigenvalue weighted by Gasteiger charge is -2.14. The van der Waals surface area contributed by atoms with Crippen LogP contribution in [0.3, 0.4) is 0 Å². The number of likely N-dealkylation sites (N-methyl/N-ethyl adjacent to an activating group) is 1. The number of nitrogens with zero attached hydrogens (tertiary/aromatic N) is 1. The number of rotatable bonds is 7. The predicted octanol–water partition coefficient (Wildman–Crippen LogP) is 2.25. The Morgan fingerprint density at radius 3 is 2.50 bits per heavy atom. The van der Waals surface area contributed by atoms with Crippen molar-refractivity contribution in [2.75, 3.05) is 13.1 Å². The number of nitro benzene ring substituents is 1. The van der Waals surface area contributed by atoms with Crippen LogP contribution in [0.15, 0.2) is 17.0 Å². The van der Waals surface area contributed by atoms with Crippen LogP contribution < -0.4 is 10.0 Å². The van der Waals surface area contributed by atoms with Gasteiger partial charge in [-0.15, -0.1) is 12.4 Å². The van der Waals surface area contributed by atoms with Crippen molar-refractivity contribution in [2.24, 2.45) is 0 Å². The van der Waals surface area contributed by atoms with Gasteiger partial charge in [-0.2, -0.15) is 0 Å². The molecule has 0 aromatic heterocycles. The SMILES string of the molecule is CCN[C@H](C)CNS(=O)(=O)c1cc(Cl)c(C)c([N+](=O)[O-])c1.Cl. The van der Waals surface area contributed by atoms with E-state index in [0.717, 1.165) is 6.07 Å². The molecule has 0 heterocycles. The summed E-state index contributed by atoms with van der Waals surface area (Å²) < 4.78 is 26.7. The normalized spacial score (nSPS) is 12.5. The van der Waals surface area contributed by atoms with Gasteiger partial charge >= 0.3 is 0 Å². The van der Waals surface area contributed by atoms with Crippen molar-refractivity contribution >= 4 is 39.7 Å². The van der Waals surface area contributed by atoms with Crippen LogP contribution in [0.4, 0.5) is 5.69 Å². The second-order valence-corrected chi connectivity index (χ2v) is 6.79. The molecule has 126 valence electrons. The van der Waals surface area contributed by atoms with E-state index in [-0.39, 0.29) is 46.2 Å². The minimum Gasteiger partial charge on any atom is -0.313 e. The summed E-state index contributed by atoms with van der Waals surface area (Å²) in [6.45, 7) is 6.10. The van der Waals surface area contributed by atoms with Gasteiger partial charge in [-0.25, -0.2) is 13.1 Å². The van der Waals surface area contributed by atoms with Crippen LogP contribution in [-0.4, -0.2) is 32.5 Å². The van der Waals surface area contributed by atoms with E-state index in [1.807, 2.05) is 13.8 Å². The number of nitrogens with one attached hydrogen (secondary N) is 2. The monoisotopic (exact) mass is 371 g/mol. The Morgan fingerprint density at radius 2 is 2.00 bits per heavy atom. The zero-order chi connectivity index (χ0) is 16.2. The Morgan fingerprint density at radius 1 is 1.41 bits per heavy atom. The van der Waals surface area contributed by atoms with Gasteiger partial charge in [0.25, 0.3) is 5.69 Å². The molecule has 0 fully saturated rings. The van der Waals surface area contributed by atoms with Gasteiger partial charge in [0.15, 0.2) is 0 Å². The predicted molar refractivity (Wildman–Crippen MR) is 88.4 cm³/mol. The van der Waals surface area contributed by atoms with E-state index in [9.17, 15) is 18.5 Å². The van der Waals surface area contributed by atoms with Gasteiger partial charge in [-0.3, -0.25) is 10.1 Å². The van der Waals surface area contributed by atoms with Crippen molar-refractivity contribution in [1.82, 2.24) is 10.0 Å². The minimum atomic E-state index is -3.85. The van der Waals surface area contributed by atoms with Crippen molar-refractivity contribution in [3.63, 3.8) is 0 Å². The molecule has 1 atom stereocenters. The average Bonchev–Trinajstić information content (AvgIpc) is 2.39. The maximum atomic E-state index is 12.2. The van der Waals surface area contributed by atoms with E-state index >= 15 is 0 Å². The van der Waals surface area contributed by atoms with Crippen LogP contribution in [0.25, 0.3) is 0 Å². The zero-order valence-electron chi connectivity index (χ0n) is 12.4. The summed E-state index contributed by atoms with van der Waals surface area (Å²) >= 11 is 5.87. The van der Waals surface area contributed by atoms with E-state index in [4.69, 9.17) is 11.6 Å². The van der Waals surface area contributed by atoms with Crippen LogP contribution in [0.2, 0.25) is 5.02 Å². The van der Waals surface area contributed by atoms with Crippen LogP contribution in [0, 0.1) is 17.0 Å². The molecular weight excluding hydrogens is 353 g/mol.